The average molecular weight is 404 g/mol. The maximum Gasteiger partial charge on any atom is 0.0637 e. The van der Waals surface area contributed by atoms with Crippen LogP contribution in [0.25, 0.3) is 0 Å². The summed E-state index contributed by atoms with van der Waals surface area (Å²) < 4.78 is 0. The van der Waals surface area contributed by atoms with Crippen LogP contribution in [0.3, 0.4) is 0 Å². The predicted molar refractivity (Wildman–Crippen MR) is 125 cm³/mol. The van der Waals surface area contributed by atoms with Gasteiger partial charge in [-0.2, -0.15) is 0 Å². The van der Waals surface area contributed by atoms with Gasteiger partial charge in [0.2, 0.25) is 0 Å². The first-order valence-corrected chi connectivity index (χ1v) is 11.2. The molecule has 1 N–H and O–H groups in total. The van der Waals surface area contributed by atoms with Gasteiger partial charge in [0.05, 0.1) is 10.7 Å². The highest BCUT2D eigenvalue weighted by atomic mass is 35.5. The van der Waals surface area contributed by atoms with Gasteiger partial charge in [-0.25, -0.2) is 0 Å². The lowest BCUT2D eigenvalue weighted by molar-refractivity contribution is 0.353. The van der Waals surface area contributed by atoms with Crippen molar-refractivity contribution in [2.24, 2.45) is 11.8 Å². The Morgan fingerprint density at radius 1 is 0.724 bits per heavy atom. The second kappa shape index (κ2) is 9.98. The highest BCUT2D eigenvalue weighted by Gasteiger charge is 2.29. The van der Waals surface area contributed by atoms with Crippen molar-refractivity contribution in [1.82, 2.24) is 0 Å². The number of hydrogen-bond acceptors (Lipinski definition) is 1. The van der Waals surface area contributed by atoms with Crippen LogP contribution in [0, 0.1) is 11.8 Å². The molecule has 0 saturated heterocycles. The fourth-order valence-electron chi connectivity index (χ4n) is 4.82. The summed E-state index contributed by atoms with van der Waals surface area (Å²) >= 11 is 6.47. The molecule has 1 nitrogen and oxygen atoms in total. The van der Waals surface area contributed by atoms with Crippen molar-refractivity contribution in [2.45, 2.75) is 44.6 Å². The highest BCUT2D eigenvalue weighted by Crippen LogP contribution is 2.35. The molecule has 1 aliphatic rings. The Hall–Kier alpha value is -2.25. The van der Waals surface area contributed by atoms with E-state index in [1.807, 2.05) is 12.1 Å². The molecular weight excluding hydrogens is 374 g/mol. The van der Waals surface area contributed by atoms with Crippen molar-refractivity contribution in [2.75, 3.05) is 5.32 Å². The zero-order valence-corrected chi connectivity index (χ0v) is 17.7. The van der Waals surface area contributed by atoms with Gasteiger partial charge in [-0.1, -0.05) is 97.2 Å². The molecule has 0 spiro atoms. The van der Waals surface area contributed by atoms with Crippen LogP contribution in [0.1, 0.15) is 36.8 Å². The standard InChI is InChI=1S/C27H30ClN/c28-25-15-7-8-16-27(25)29-26-17-9-14-23(18-21-10-3-1-4-11-21)20-24(26)19-22-12-5-2-6-13-22/h1-8,10-13,15-16,23-24,26,29H,9,14,17-20H2. The number of nitrogens with one attached hydrogen (secondary N) is 1. The van der Waals surface area contributed by atoms with Gasteiger partial charge in [-0.15, -0.1) is 0 Å². The summed E-state index contributed by atoms with van der Waals surface area (Å²) in [5.74, 6) is 1.34. The van der Waals surface area contributed by atoms with Gasteiger partial charge >= 0.3 is 0 Å². The molecule has 0 aromatic heterocycles. The molecule has 150 valence electrons. The lowest BCUT2D eigenvalue weighted by atomic mass is 9.83. The van der Waals surface area contributed by atoms with E-state index < -0.39 is 0 Å². The molecule has 3 atom stereocenters. The summed E-state index contributed by atoms with van der Waals surface area (Å²) in [4.78, 5) is 0. The molecule has 0 heterocycles. The van der Waals surface area contributed by atoms with E-state index in [-0.39, 0.29) is 0 Å². The van der Waals surface area contributed by atoms with Crippen molar-refractivity contribution in [3.8, 4) is 0 Å². The maximum atomic E-state index is 6.47. The Balaban J connectivity index is 1.53. The Morgan fingerprint density at radius 3 is 2.03 bits per heavy atom. The first-order valence-electron chi connectivity index (χ1n) is 10.9. The fourth-order valence-corrected chi connectivity index (χ4v) is 5.01. The normalized spacial score (nSPS) is 22.0. The first-order chi connectivity index (χ1) is 14.3. The molecule has 0 bridgehead atoms. The molecule has 29 heavy (non-hydrogen) atoms. The van der Waals surface area contributed by atoms with E-state index in [0.717, 1.165) is 23.0 Å². The molecule has 0 aliphatic heterocycles. The number of para-hydroxylation sites is 1. The minimum atomic E-state index is 0.455. The van der Waals surface area contributed by atoms with E-state index in [4.69, 9.17) is 11.6 Å². The van der Waals surface area contributed by atoms with Crippen LogP contribution in [-0.2, 0) is 12.8 Å². The Labute approximate surface area is 180 Å². The fraction of sp³-hybridized carbons (Fsp3) is 0.333. The molecule has 4 rings (SSSR count). The van der Waals surface area contributed by atoms with Crippen molar-refractivity contribution in [1.29, 1.82) is 0 Å². The van der Waals surface area contributed by atoms with Gasteiger partial charge in [0.15, 0.2) is 0 Å². The van der Waals surface area contributed by atoms with Crippen molar-refractivity contribution >= 4 is 17.3 Å². The summed E-state index contributed by atoms with van der Waals surface area (Å²) in [6.45, 7) is 0. The predicted octanol–water partition coefficient (Wildman–Crippen LogP) is 7.41. The third-order valence-electron chi connectivity index (χ3n) is 6.26. The summed E-state index contributed by atoms with van der Waals surface area (Å²) in [5.41, 5.74) is 3.97. The average Bonchev–Trinajstić information content (AvgIpc) is 2.93. The Bertz CT molecular complexity index is 877. The zero-order valence-electron chi connectivity index (χ0n) is 16.9. The topological polar surface area (TPSA) is 12.0 Å². The van der Waals surface area contributed by atoms with Gasteiger partial charge in [-0.3, -0.25) is 0 Å². The summed E-state index contributed by atoms with van der Waals surface area (Å²) in [6, 6.07) is 30.5. The molecule has 1 fully saturated rings. The number of halogens is 1. The molecule has 0 radical (unpaired) electrons. The molecule has 3 unspecified atom stereocenters. The van der Waals surface area contributed by atoms with Crippen LogP contribution in [0.2, 0.25) is 5.02 Å². The molecule has 0 amide bonds. The van der Waals surface area contributed by atoms with E-state index in [1.54, 1.807) is 0 Å². The molecular formula is C27H30ClN. The minimum absolute atomic E-state index is 0.455. The summed E-state index contributed by atoms with van der Waals surface area (Å²) in [5, 5.41) is 4.63. The van der Waals surface area contributed by atoms with Gasteiger partial charge in [0.1, 0.15) is 0 Å². The van der Waals surface area contributed by atoms with Crippen molar-refractivity contribution in [3.05, 3.63) is 101 Å². The third-order valence-corrected chi connectivity index (χ3v) is 6.58. The van der Waals surface area contributed by atoms with Crippen molar-refractivity contribution in [3.63, 3.8) is 0 Å². The van der Waals surface area contributed by atoms with E-state index in [0.29, 0.717) is 12.0 Å². The second-order valence-electron chi connectivity index (χ2n) is 8.40. The van der Waals surface area contributed by atoms with E-state index in [9.17, 15) is 0 Å². The van der Waals surface area contributed by atoms with Crippen LogP contribution in [0.5, 0.6) is 0 Å². The van der Waals surface area contributed by atoms with Crippen LogP contribution in [0.15, 0.2) is 84.9 Å². The molecule has 1 aliphatic carbocycles. The summed E-state index contributed by atoms with van der Waals surface area (Å²) in [6.07, 6.45) is 7.34. The summed E-state index contributed by atoms with van der Waals surface area (Å²) in [7, 11) is 0. The second-order valence-corrected chi connectivity index (χ2v) is 8.81. The Morgan fingerprint density at radius 2 is 1.34 bits per heavy atom. The monoisotopic (exact) mass is 403 g/mol. The van der Waals surface area contributed by atoms with Crippen LogP contribution in [0.4, 0.5) is 5.69 Å². The smallest absolute Gasteiger partial charge is 0.0637 e. The molecule has 3 aromatic rings. The highest BCUT2D eigenvalue weighted by molar-refractivity contribution is 6.33. The molecule has 2 heteroatoms. The Kier molecular flexibility index (Phi) is 6.90. The van der Waals surface area contributed by atoms with Gasteiger partial charge in [0, 0.05) is 6.04 Å². The number of hydrogen-bond donors (Lipinski definition) is 1. The molecule has 3 aromatic carbocycles. The lowest BCUT2D eigenvalue weighted by Gasteiger charge is -2.29. The lowest BCUT2D eigenvalue weighted by Crippen LogP contribution is -2.30. The number of benzene rings is 3. The third kappa shape index (κ3) is 5.64. The van der Waals surface area contributed by atoms with E-state index in [1.165, 1.54) is 43.2 Å². The first kappa shape index (κ1) is 20.0. The minimum Gasteiger partial charge on any atom is -0.381 e. The van der Waals surface area contributed by atoms with Crippen LogP contribution in [-0.4, -0.2) is 6.04 Å². The van der Waals surface area contributed by atoms with E-state index in [2.05, 4.69) is 78.1 Å². The quantitative estimate of drug-likeness (QED) is 0.422. The van der Waals surface area contributed by atoms with Crippen LogP contribution < -0.4 is 5.32 Å². The number of rotatable bonds is 6. The van der Waals surface area contributed by atoms with Crippen molar-refractivity contribution < 1.29 is 0 Å². The van der Waals surface area contributed by atoms with Gasteiger partial charge < -0.3 is 5.32 Å². The van der Waals surface area contributed by atoms with Gasteiger partial charge in [0.25, 0.3) is 0 Å². The van der Waals surface area contributed by atoms with E-state index >= 15 is 0 Å². The largest absolute Gasteiger partial charge is 0.381 e. The zero-order chi connectivity index (χ0) is 19.9. The van der Waals surface area contributed by atoms with Crippen LogP contribution >= 0.6 is 11.6 Å². The molecule has 1 saturated carbocycles. The number of anilines is 1. The van der Waals surface area contributed by atoms with Gasteiger partial charge in [-0.05, 0) is 60.8 Å². The maximum absolute atomic E-state index is 6.47. The SMILES string of the molecule is Clc1ccccc1NC1CCCC(Cc2ccccc2)CC1Cc1ccccc1.